The molecule has 0 amide bonds. The summed E-state index contributed by atoms with van der Waals surface area (Å²) in [5.41, 5.74) is 5.09. The van der Waals surface area contributed by atoms with Gasteiger partial charge in [-0.05, 0) is 92.3 Å². The van der Waals surface area contributed by atoms with E-state index < -0.39 is 11.4 Å². The molecule has 0 saturated carbocycles. The van der Waals surface area contributed by atoms with Crippen LogP contribution in [0.5, 0.6) is 5.75 Å². The van der Waals surface area contributed by atoms with Crippen molar-refractivity contribution in [1.82, 2.24) is 4.90 Å². The van der Waals surface area contributed by atoms with Crippen LogP contribution in [-0.2, 0) is 17.6 Å². The molecule has 0 bridgehead atoms. The first-order valence-electron chi connectivity index (χ1n) is 12.6. The van der Waals surface area contributed by atoms with Gasteiger partial charge in [-0.2, -0.15) is 0 Å². The van der Waals surface area contributed by atoms with Crippen molar-refractivity contribution in [3.8, 4) is 5.75 Å². The van der Waals surface area contributed by atoms with E-state index in [1.54, 1.807) is 13.8 Å². The number of aliphatic carboxylic acids is 1. The zero-order chi connectivity index (χ0) is 25.0. The maximum Gasteiger partial charge on any atom is 0.309 e. The molecule has 4 nitrogen and oxygen atoms in total. The van der Waals surface area contributed by atoms with Crippen LogP contribution in [0.25, 0.3) is 5.57 Å². The summed E-state index contributed by atoms with van der Waals surface area (Å²) in [6.45, 7) is 5.91. The molecular formula is C29H35BrFNO3. The normalized spacial score (nSPS) is 18.9. The number of fused-ring (bicyclic) bond motifs is 1. The SMILES string of the molecule is CC(C)(Cc1ccc2c(c1)CCCC(Br)=C2c1ccc(O[C@H]2CCN(CCCF)C2)cc1)C(=O)O. The molecule has 1 saturated heterocycles. The minimum atomic E-state index is -0.794. The number of allylic oxidation sites excluding steroid dienone is 1. The van der Waals surface area contributed by atoms with Crippen LogP contribution >= 0.6 is 15.9 Å². The first-order chi connectivity index (χ1) is 16.8. The lowest BCUT2D eigenvalue weighted by atomic mass is 9.84. The molecule has 2 aromatic rings. The first-order valence-corrected chi connectivity index (χ1v) is 13.4. The summed E-state index contributed by atoms with van der Waals surface area (Å²) in [5, 5.41) is 9.53. The molecule has 0 radical (unpaired) electrons. The van der Waals surface area contributed by atoms with E-state index in [0.717, 1.165) is 62.2 Å². The summed E-state index contributed by atoms with van der Waals surface area (Å²) in [7, 11) is 0. The number of rotatable bonds is 9. The fourth-order valence-corrected chi connectivity index (χ4v) is 5.81. The Bertz CT molecular complexity index is 1080. The number of hydrogen-bond acceptors (Lipinski definition) is 3. The molecule has 0 spiro atoms. The highest BCUT2D eigenvalue weighted by atomic mass is 79.9. The molecule has 0 unspecified atom stereocenters. The fourth-order valence-electron chi connectivity index (χ4n) is 5.08. The number of likely N-dealkylation sites (tertiary alicyclic amines) is 1. The zero-order valence-electron chi connectivity index (χ0n) is 20.7. The summed E-state index contributed by atoms with van der Waals surface area (Å²) in [6, 6.07) is 14.7. The van der Waals surface area contributed by atoms with Crippen molar-refractivity contribution in [2.24, 2.45) is 5.41 Å². The van der Waals surface area contributed by atoms with Crippen LogP contribution in [0.4, 0.5) is 4.39 Å². The van der Waals surface area contributed by atoms with Gasteiger partial charge in [-0.3, -0.25) is 14.1 Å². The number of ether oxygens (including phenoxy) is 1. The fraction of sp³-hybridized carbons (Fsp3) is 0.483. The van der Waals surface area contributed by atoms with E-state index in [1.807, 2.05) is 12.1 Å². The Balaban J connectivity index is 1.51. The molecule has 1 aliphatic carbocycles. The largest absolute Gasteiger partial charge is 0.489 e. The molecule has 1 fully saturated rings. The Morgan fingerprint density at radius 3 is 2.69 bits per heavy atom. The molecule has 2 aromatic carbocycles. The number of aryl methyl sites for hydroxylation is 1. The Kier molecular flexibility index (Phi) is 8.33. The van der Waals surface area contributed by atoms with E-state index in [2.05, 4.69) is 51.2 Å². The molecule has 2 aliphatic rings. The van der Waals surface area contributed by atoms with Gasteiger partial charge in [0.1, 0.15) is 11.9 Å². The van der Waals surface area contributed by atoms with E-state index in [4.69, 9.17) is 4.74 Å². The highest BCUT2D eigenvalue weighted by Crippen LogP contribution is 2.39. The molecule has 4 rings (SSSR count). The highest BCUT2D eigenvalue weighted by molar-refractivity contribution is 9.11. The minimum Gasteiger partial charge on any atom is -0.489 e. The average Bonchev–Trinajstić information content (AvgIpc) is 3.20. The van der Waals surface area contributed by atoms with Gasteiger partial charge in [-0.1, -0.05) is 46.3 Å². The van der Waals surface area contributed by atoms with E-state index in [1.165, 1.54) is 21.2 Å². The van der Waals surface area contributed by atoms with Crippen molar-refractivity contribution < 1.29 is 19.0 Å². The van der Waals surface area contributed by atoms with Crippen molar-refractivity contribution in [2.45, 2.75) is 58.5 Å². The monoisotopic (exact) mass is 543 g/mol. The molecule has 1 aliphatic heterocycles. The van der Waals surface area contributed by atoms with Crippen LogP contribution < -0.4 is 4.74 Å². The quantitative estimate of drug-likeness (QED) is 0.385. The number of benzene rings is 2. The summed E-state index contributed by atoms with van der Waals surface area (Å²) in [6.07, 6.45) is 5.20. The van der Waals surface area contributed by atoms with Gasteiger partial charge < -0.3 is 9.84 Å². The third-order valence-corrected chi connectivity index (χ3v) is 7.85. The number of carbonyl (C=O) groups is 1. The molecule has 188 valence electrons. The van der Waals surface area contributed by atoms with Crippen LogP contribution in [0.15, 0.2) is 46.9 Å². The average molecular weight is 545 g/mol. The predicted molar refractivity (Wildman–Crippen MR) is 142 cm³/mol. The van der Waals surface area contributed by atoms with E-state index in [0.29, 0.717) is 12.8 Å². The van der Waals surface area contributed by atoms with Gasteiger partial charge in [-0.25, -0.2) is 0 Å². The molecule has 6 heteroatoms. The van der Waals surface area contributed by atoms with Gasteiger partial charge in [0.15, 0.2) is 0 Å². The van der Waals surface area contributed by atoms with Crippen LogP contribution in [0.2, 0.25) is 0 Å². The lowest BCUT2D eigenvalue weighted by molar-refractivity contribution is -0.146. The lowest BCUT2D eigenvalue weighted by Gasteiger charge is -2.21. The van der Waals surface area contributed by atoms with Gasteiger partial charge in [-0.15, -0.1) is 0 Å². The second-order valence-corrected chi connectivity index (χ2v) is 11.3. The minimum absolute atomic E-state index is 0.151. The Hall–Kier alpha value is -2.18. The standard InChI is InChI=1S/C29H35BrFNO3/c1-29(2,28(33)34)18-20-7-12-25-22(17-20)5-3-6-26(30)27(25)21-8-10-23(11-9-21)35-24-13-16-32(19-24)15-4-14-31/h7-12,17,24H,3-6,13-16,18-19H2,1-2H3,(H,33,34)/t24-/m0/s1. The summed E-state index contributed by atoms with van der Waals surface area (Å²) >= 11 is 3.85. The number of carboxylic acid groups (broad SMARTS) is 1. The van der Waals surface area contributed by atoms with Gasteiger partial charge in [0.2, 0.25) is 0 Å². The van der Waals surface area contributed by atoms with Crippen molar-refractivity contribution in [3.05, 3.63) is 69.2 Å². The molecule has 1 atom stereocenters. The van der Waals surface area contributed by atoms with E-state index >= 15 is 0 Å². The van der Waals surface area contributed by atoms with Crippen LogP contribution in [0, 0.1) is 5.41 Å². The maximum atomic E-state index is 12.5. The van der Waals surface area contributed by atoms with Crippen molar-refractivity contribution in [2.75, 3.05) is 26.3 Å². The lowest BCUT2D eigenvalue weighted by Crippen LogP contribution is -2.26. The van der Waals surface area contributed by atoms with Gasteiger partial charge in [0, 0.05) is 24.1 Å². The highest BCUT2D eigenvalue weighted by Gasteiger charge is 2.28. The molecule has 1 N–H and O–H groups in total. The third-order valence-electron chi connectivity index (χ3n) is 7.06. The molecule has 1 heterocycles. The topological polar surface area (TPSA) is 49.8 Å². The van der Waals surface area contributed by atoms with Crippen LogP contribution in [0.1, 0.15) is 61.8 Å². The second kappa shape index (κ2) is 11.3. The number of nitrogens with zero attached hydrogens (tertiary/aromatic N) is 1. The molecular weight excluding hydrogens is 509 g/mol. The van der Waals surface area contributed by atoms with Crippen molar-refractivity contribution >= 4 is 27.5 Å². The van der Waals surface area contributed by atoms with E-state index in [9.17, 15) is 14.3 Å². The maximum absolute atomic E-state index is 12.5. The van der Waals surface area contributed by atoms with Crippen molar-refractivity contribution in [1.29, 1.82) is 0 Å². The Labute approximate surface area is 216 Å². The van der Waals surface area contributed by atoms with Gasteiger partial charge in [0.25, 0.3) is 0 Å². The first kappa shape index (κ1) is 25.9. The number of carboxylic acids is 1. The van der Waals surface area contributed by atoms with Gasteiger partial charge >= 0.3 is 5.97 Å². The third kappa shape index (κ3) is 6.34. The summed E-state index contributed by atoms with van der Waals surface area (Å²) in [5.74, 6) is 0.0889. The Morgan fingerprint density at radius 2 is 1.97 bits per heavy atom. The molecule has 35 heavy (non-hydrogen) atoms. The van der Waals surface area contributed by atoms with Crippen molar-refractivity contribution in [3.63, 3.8) is 0 Å². The smallest absolute Gasteiger partial charge is 0.309 e. The van der Waals surface area contributed by atoms with E-state index in [-0.39, 0.29) is 12.8 Å². The number of alkyl halides is 1. The van der Waals surface area contributed by atoms with Crippen LogP contribution in [0.3, 0.4) is 0 Å². The second-order valence-electron chi connectivity index (χ2n) is 10.4. The Morgan fingerprint density at radius 1 is 1.20 bits per heavy atom. The van der Waals surface area contributed by atoms with Gasteiger partial charge in [0.05, 0.1) is 12.1 Å². The zero-order valence-corrected chi connectivity index (χ0v) is 22.2. The van der Waals surface area contributed by atoms with Crippen LogP contribution in [-0.4, -0.2) is 48.4 Å². The summed E-state index contributed by atoms with van der Waals surface area (Å²) < 4.78 is 19.9. The summed E-state index contributed by atoms with van der Waals surface area (Å²) in [4.78, 5) is 13.9. The predicted octanol–water partition coefficient (Wildman–Crippen LogP) is 6.64. The number of hydrogen-bond donors (Lipinski definition) is 1. The molecule has 0 aromatic heterocycles. The number of halogens is 2.